The highest BCUT2D eigenvalue weighted by atomic mass is 32.2. The normalized spacial score (nSPS) is 14.6. The summed E-state index contributed by atoms with van der Waals surface area (Å²) < 4.78 is 29.2. The van der Waals surface area contributed by atoms with Crippen LogP contribution in [0.4, 0.5) is 11.4 Å². The first-order valence-corrected chi connectivity index (χ1v) is 14.2. The van der Waals surface area contributed by atoms with Crippen LogP contribution in [0.5, 0.6) is 0 Å². The van der Waals surface area contributed by atoms with Crippen molar-refractivity contribution in [2.45, 2.75) is 11.8 Å². The molecule has 0 N–H and O–H groups in total. The first kappa shape index (κ1) is 22.8. The average molecular weight is 516 g/mol. The van der Waals surface area contributed by atoms with Gasteiger partial charge in [0.2, 0.25) is 0 Å². The summed E-state index contributed by atoms with van der Waals surface area (Å²) in [7, 11) is -3.82. The van der Waals surface area contributed by atoms with Crippen molar-refractivity contribution in [2.24, 2.45) is 0 Å². The highest BCUT2D eigenvalue weighted by Crippen LogP contribution is 2.33. The number of carbonyl (C=O) groups is 1. The largest absolute Gasteiger partial charge is 0.368 e. The summed E-state index contributed by atoms with van der Waals surface area (Å²) >= 11 is 1.76. The fraction of sp³-hybridized carbons (Fsp3) is 0.179. The van der Waals surface area contributed by atoms with Gasteiger partial charge in [0.05, 0.1) is 10.4 Å². The number of hydrogen-bond donors (Lipinski definition) is 0. The Balaban J connectivity index is 1.29. The van der Waals surface area contributed by atoms with E-state index in [0.717, 1.165) is 43.7 Å². The molecule has 0 unspecified atom stereocenters. The number of benzene rings is 3. The molecule has 1 fully saturated rings. The standard InChI is InChI=1S/C28H25N3O3S2/c1-20-5-8-23(9-6-20)36(33,34)31-18-21(19-32)25-17-22(7-10-27(25)31)29-12-14-30(15-13-29)26-3-2-4-28-24(26)11-16-35-28/h2-11,16-19H,12-15H2,1H3. The maximum absolute atomic E-state index is 13.4. The summed E-state index contributed by atoms with van der Waals surface area (Å²) in [6.07, 6.45) is 2.16. The van der Waals surface area contributed by atoms with Gasteiger partial charge in [-0.15, -0.1) is 11.3 Å². The third kappa shape index (κ3) is 3.77. The van der Waals surface area contributed by atoms with Gasteiger partial charge in [0.1, 0.15) is 0 Å². The maximum Gasteiger partial charge on any atom is 0.268 e. The number of rotatable bonds is 5. The van der Waals surface area contributed by atoms with E-state index in [0.29, 0.717) is 16.5 Å². The van der Waals surface area contributed by atoms with Gasteiger partial charge in [-0.3, -0.25) is 4.79 Å². The second-order valence-corrected chi connectivity index (χ2v) is 11.9. The van der Waals surface area contributed by atoms with E-state index in [-0.39, 0.29) is 4.90 Å². The molecule has 6 rings (SSSR count). The molecule has 0 spiro atoms. The smallest absolute Gasteiger partial charge is 0.268 e. The zero-order valence-electron chi connectivity index (χ0n) is 19.8. The van der Waals surface area contributed by atoms with Crippen molar-refractivity contribution in [1.29, 1.82) is 0 Å². The predicted octanol–water partition coefficient (Wildman–Crippen LogP) is 5.54. The van der Waals surface area contributed by atoms with Crippen LogP contribution >= 0.6 is 11.3 Å². The summed E-state index contributed by atoms with van der Waals surface area (Å²) in [4.78, 5) is 16.8. The van der Waals surface area contributed by atoms with Gasteiger partial charge in [-0.1, -0.05) is 23.8 Å². The van der Waals surface area contributed by atoms with Gasteiger partial charge in [0, 0.05) is 64.8 Å². The van der Waals surface area contributed by atoms with Gasteiger partial charge >= 0.3 is 0 Å². The fourth-order valence-corrected chi connectivity index (χ4v) is 7.17. The molecule has 182 valence electrons. The lowest BCUT2D eigenvalue weighted by molar-refractivity contribution is 0.112. The predicted molar refractivity (Wildman–Crippen MR) is 147 cm³/mol. The number of carbonyl (C=O) groups excluding carboxylic acids is 1. The van der Waals surface area contributed by atoms with Crippen LogP contribution < -0.4 is 9.80 Å². The zero-order valence-corrected chi connectivity index (χ0v) is 21.4. The lowest BCUT2D eigenvalue weighted by atomic mass is 10.1. The van der Waals surface area contributed by atoms with Crippen molar-refractivity contribution in [2.75, 3.05) is 36.0 Å². The van der Waals surface area contributed by atoms with Crippen LogP contribution in [0.3, 0.4) is 0 Å². The third-order valence-electron chi connectivity index (χ3n) is 6.95. The van der Waals surface area contributed by atoms with Crippen molar-refractivity contribution < 1.29 is 13.2 Å². The quantitative estimate of drug-likeness (QED) is 0.288. The van der Waals surface area contributed by atoms with Crippen molar-refractivity contribution in [1.82, 2.24) is 3.97 Å². The van der Waals surface area contributed by atoms with Gasteiger partial charge in [0.25, 0.3) is 10.0 Å². The van der Waals surface area contributed by atoms with Gasteiger partial charge in [-0.25, -0.2) is 12.4 Å². The summed E-state index contributed by atoms with van der Waals surface area (Å²) in [5.41, 5.74) is 4.11. The van der Waals surface area contributed by atoms with Crippen LogP contribution in [0, 0.1) is 6.92 Å². The zero-order chi connectivity index (χ0) is 24.9. The highest BCUT2D eigenvalue weighted by molar-refractivity contribution is 7.90. The number of nitrogens with zero attached hydrogens (tertiary/aromatic N) is 3. The molecular formula is C28H25N3O3S2. The topological polar surface area (TPSA) is 62.6 Å². The van der Waals surface area contributed by atoms with Gasteiger partial charge in [-0.05, 0) is 60.8 Å². The molecule has 36 heavy (non-hydrogen) atoms. The van der Waals surface area contributed by atoms with Crippen LogP contribution in [0.25, 0.3) is 21.0 Å². The minimum Gasteiger partial charge on any atom is -0.368 e. The third-order valence-corrected chi connectivity index (χ3v) is 9.52. The highest BCUT2D eigenvalue weighted by Gasteiger charge is 2.23. The van der Waals surface area contributed by atoms with E-state index >= 15 is 0 Å². The molecule has 1 aliphatic rings. The molecule has 0 bridgehead atoms. The summed E-state index contributed by atoms with van der Waals surface area (Å²) in [6, 6.07) is 21.1. The fourth-order valence-electron chi connectivity index (χ4n) is 4.99. The van der Waals surface area contributed by atoms with Crippen molar-refractivity contribution in [3.05, 3.63) is 89.4 Å². The Labute approximate surface area is 214 Å². The molecule has 0 saturated carbocycles. The Morgan fingerprint density at radius 1 is 0.861 bits per heavy atom. The molecule has 0 amide bonds. The van der Waals surface area contributed by atoms with Crippen LogP contribution in [0.1, 0.15) is 15.9 Å². The summed E-state index contributed by atoms with van der Waals surface area (Å²) in [5.74, 6) is 0. The second kappa shape index (κ2) is 8.80. The molecule has 0 aliphatic carbocycles. The van der Waals surface area contributed by atoms with E-state index < -0.39 is 10.0 Å². The number of aromatic nitrogens is 1. The molecule has 6 nitrogen and oxygen atoms in total. The monoisotopic (exact) mass is 515 g/mol. The number of anilines is 2. The van der Waals surface area contributed by atoms with Crippen molar-refractivity contribution >= 4 is 60.0 Å². The Kier molecular flexibility index (Phi) is 5.58. The molecule has 0 atom stereocenters. The number of aryl methyl sites for hydroxylation is 1. The second-order valence-electron chi connectivity index (χ2n) is 9.10. The van der Waals surface area contributed by atoms with Crippen molar-refractivity contribution in [3.8, 4) is 0 Å². The average Bonchev–Trinajstić information content (AvgIpc) is 3.53. The molecular weight excluding hydrogens is 490 g/mol. The molecule has 2 aromatic heterocycles. The summed E-state index contributed by atoms with van der Waals surface area (Å²) in [6.45, 7) is 5.36. The summed E-state index contributed by atoms with van der Waals surface area (Å²) in [5, 5.41) is 4.07. The molecule has 3 heterocycles. The molecule has 1 aliphatic heterocycles. The number of hydrogen-bond acceptors (Lipinski definition) is 6. The van der Waals surface area contributed by atoms with Crippen LogP contribution in [-0.2, 0) is 10.0 Å². The first-order valence-electron chi connectivity index (χ1n) is 11.8. The van der Waals surface area contributed by atoms with Crippen molar-refractivity contribution in [3.63, 3.8) is 0 Å². The molecule has 0 radical (unpaired) electrons. The molecule has 5 aromatic rings. The number of fused-ring (bicyclic) bond motifs is 2. The Morgan fingerprint density at radius 2 is 1.61 bits per heavy atom. The van der Waals surface area contributed by atoms with Crippen LogP contribution in [-0.4, -0.2) is 44.9 Å². The van der Waals surface area contributed by atoms with Gasteiger partial charge in [-0.2, -0.15) is 0 Å². The minimum absolute atomic E-state index is 0.197. The number of thiophene rings is 1. The van der Waals surface area contributed by atoms with E-state index in [4.69, 9.17) is 0 Å². The van der Waals surface area contributed by atoms with E-state index in [1.165, 1.54) is 25.9 Å². The lowest BCUT2D eigenvalue weighted by Gasteiger charge is -2.37. The molecule has 8 heteroatoms. The SMILES string of the molecule is Cc1ccc(S(=O)(=O)n2cc(C=O)c3cc(N4CCN(c5cccc6sccc56)CC4)ccc32)cc1. The molecule has 1 saturated heterocycles. The van der Waals surface area contributed by atoms with Crippen LogP contribution in [0.2, 0.25) is 0 Å². The first-order chi connectivity index (χ1) is 17.5. The Bertz CT molecular complexity index is 1690. The molecule has 3 aromatic carbocycles. The van der Waals surface area contributed by atoms with E-state index in [2.05, 4.69) is 39.4 Å². The van der Waals surface area contributed by atoms with Gasteiger partial charge < -0.3 is 9.80 Å². The van der Waals surface area contributed by atoms with Crippen LogP contribution in [0.15, 0.2) is 83.2 Å². The van der Waals surface area contributed by atoms with E-state index in [1.54, 1.807) is 35.6 Å². The number of aldehydes is 1. The van der Waals surface area contributed by atoms with Gasteiger partial charge in [0.15, 0.2) is 6.29 Å². The number of piperazine rings is 1. The van der Waals surface area contributed by atoms with E-state index in [1.807, 2.05) is 25.1 Å². The van der Waals surface area contributed by atoms with E-state index in [9.17, 15) is 13.2 Å². The maximum atomic E-state index is 13.4. The lowest BCUT2D eigenvalue weighted by Crippen LogP contribution is -2.46. The minimum atomic E-state index is -3.82. The Hall–Kier alpha value is -3.62. The Morgan fingerprint density at radius 3 is 2.36 bits per heavy atom.